The van der Waals surface area contributed by atoms with E-state index in [-0.39, 0.29) is 16.7 Å². The highest BCUT2D eigenvalue weighted by molar-refractivity contribution is 7.89. The number of hydrogen-bond acceptors (Lipinski definition) is 3. The molecule has 6 heteroatoms. The molecule has 0 radical (unpaired) electrons. The van der Waals surface area contributed by atoms with Gasteiger partial charge in [-0.3, -0.25) is 4.90 Å². The van der Waals surface area contributed by atoms with Crippen LogP contribution in [-0.4, -0.2) is 37.3 Å². The molecule has 3 aromatic carbocycles. The van der Waals surface area contributed by atoms with E-state index in [2.05, 4.69) is 23.1 Å². The number of rotatable bonds is 4. The summed E-state index contributed by atoms with van der Waals surface area (Å²) < 4.78 is 42.1. The number of halogens is 1. The highest BCUT2D eigenvalue weighted by Gasteiger charge is 2.41. The molecule has 0 aromatic heterocycles. The van der Waals surface area contributed by atoms with Crippen LogP contribution in [0.5, 0.6) is 0 Å². The van der Waals surface area contributed by atoms with E-state index in [0.29, 0.717) is 13.1 Å². The summed E-state index contributed by atoms with van der Waals surface area (Å²) in [6, 6.07) is 23.8. The van der Waals surface area contributed by atoms with Crippen LogP contribution in [0.4, 0.5) is 4.39 Å². The topological polar surface area (TPSA) is 40.6 Å². The molecule has 0 spiro atoms. The van der Waals surface area contributed by atoms with Crippen molar-refractivity contribution in [2.75, 3.05) is 19.6 Å². The van der Waals surface area contributed by atoms with Crippen molar-refractivity contribution in [2.24, 2.45) is 5.92 Å². The molecule has 5 rings (SSSR count). The standard InChI is InChI=1S/C25H25FN2O2S/c26-22-10-6-11-23(13-22)31(29,30)28-16-20-9-4-5-12-24(20)25-18-27(15-21(25)17-28)14-19-7-2-1-3-8-19/h1-13,21,25H,14-18H2/t21-,25+/m0/s1. The number of hydrogen-bond donors (Lipinski definition) is 0. The van der Waals surface area contributed by atoms with E-state index in [1.54, 1.807) is 0 Å². The monoisotopic (exact) mass is 436 g/mol. The average Bonchev–Trinajstić information content (AvgIpc) is 3.09. The number of fused-ring (bicyclic) bond motifs is 3. The molecule has 2 aliphatic heterocycles. The molecule has 0 aliphatic carbocycles. The van der Waals surface area contributed by atoms with Gasteiger partial charge >= 0.3 is 0 Å². The third-order valence-corrected chi connectivity index (χ3v) is 8.25. The lowest BCUT2D eigenvalue weighted by Gasteiger charge is -2.24. The third kappa shape index (κ3) is 4.03. The van der Waals surface area contributed by atoms with Gasteiger partial charge in [-0.05, 0) is 40.8 Å². The molecule has 31 heavy (non-hydrogen) atoms. The lowest BCUT2D eigenvalue weighted by molar-refractivity contribution is 0.293. The fourth-order valence-electron chi connectivity index (χ4n) is 4.98. The van der Waals surface area contributed by atoms with Crippen molar-refractivity contribution >= 4 is 10.0 Å². The Morgan fingerprint density at radius 1 is 0.871 bits per heavy atom. The first-order valence-electron chi connectivity index (χ1n) is 10.6. The maximum atomic E-state index is 13.8. The Morgan fingerprint density at radius 2 is 1.65 bits per heavy atom. The lowest BCUT2D eigenvalue weighted by Crippen LogP contribution is -2.35. The fraction of sp³-hybridized carbons (Fsp3) is 0.280. The van der Waals surface area contributed by atoms with E-state index in [4.69, 9.17) is 0 Å². The summed E-state index contributed by atoms with van der Waals surface area (Å²) in [7, 11) is -3.79. The Labute approximate surface area is 183 Å². The Bertz CT molecular complexity index is 1180. The normalized spacial score (nSPS) is 22.0. The molecular formula is C25H25FN2O2S. The summed E-state index contributed by atoms with van der Waals surface area (Å²) in [4.78, 5) is 2.43. The first-order valence-corrected chi connectivity index (χ1v) is 12.0. The molecule has 0 unspecified atom stereocenters. The van der Waals surface area contributed by atoms with Gasteiger partial charge in [-0.25, -0.2) is 12.8 Å². The van der Waals surface area contributed by atoms with E-state index in [0.717, 1.165) is 31.3 Å². The molecule has 1 saturated heterocycles. The van der Waals surface area contributed by atoms with Crippen LogP contribution in [0.2, 0.25) is 0 Å². The molecule has 0 saturated carbocycles. The first-order chi connectivity index (χ1) is 15.0. The van der Waals surface area contributed by atoms with Gasteiger partial charge in [0.1, 0.15) is 5.82 Å². The minimum atomic E-state index is -3.79. The summed E-state index contributed by atoms with van der Waals surface area (Å²) in [6.45, 7) is 3.35. The summed E-state index contributed by atoms with van der Waals surface area (Å²) in [5, 5.41) is 0. The summed E-state index contributed by atoms with van der Waals surface area (Å²) >= 11 is 0. The maximum Gasteiger partial charge on any atom is 0.243 e. The van der Waals surface area contributed by atoms with Gasteiger partial charge in [0.2, 0.25) is 10.0 Å². The Morgan fingerprint density at radius 3 is 2.45 bits per heavy atom. The van der Waals surface area contributed by atoms with Gasteiger partial charge in [-0.15, -0.1) is 0 Å². The van der Waals surface area contributed by atoms with Crippen LogP contribution >= 0.6 is 0 Å². The highest BCUT2D eigenvalue weighted by Crippen LogP contribution is 2.40. The van der Waals surface area contributed by atoms with Gasteiger partial charge in [0, 0.05) is 38.6 Å². The second kappa shape index (κ2) is 8.19. The van der Waals surface area contributed by atoms with E-state index >= 15 is 0 Å². The van der Waals surface area contributed by atoms with Crippen molar-refractivity contribution in [3.05, 3.63) is 101 Å². The molecule has 0 bridgehead atoms. The third-order valence-electron chi connectivity index (χ3n) is 6.44. The smallest absolute Gasteiger partial charge is 0.243 e. The predicted octanol–water partition coefficient (Wildman–Crippen LogP) is 4.25. The lowest BCUT2D eigenvalue weighted by atomic mass is 9.87. The molecular weight excluding hydrogens is 411 g/mol. The van der Waals surface area contributed by atoms with Crippen LogP contribution in [0.3, 0.4) is 0 Å². The van der Waals surface area contributed by atoms with Crippen LogP contribution in [0.1, 0.15) is 22.6 Å². The molecule has 2 heterocycles. The van der Waals surface area contributed by atoms with Gasteiger partial charge < -0.3 is 0 Å². The molecule has 2 atom stereocenters. The van der Waals surface area contributed by atoms with Crippen LogP contribution < -0.4 is 0 Å². The Kier molecular flexibility index (Phi) is 5.38. The van der Waals surface area contributed by atoms with E-state index in [1.807, 2.05) is 36.4 Å². The minimum Gasteiger partial charge on any atom is -0.298 e. The second-order valence-corrected chi connectivity index (χ2v) is 10.4. The second-order valence-electron chi connectivity index (χ2n) is 8.50. The molecule has 2 aliphatic rings. The minimum absolute atomic E-state index is 0.0163. The van der Waals surface area contributed by atoms with Gasteiger partial charge in [-0.2, -0.15) is 4.31 Å². The predicted molar refractivity (Wildman–Crippen MR) is 118 cm³/mol. The van der Waals surface area contributed by atoms with E-state index < -0.39 is 15.8 Å². The summed E-state index contributed by atoms with van der Waals surface area (Å²) in [6.07, 6.45) is 0. The number of likely N-dealkylation sites (tertiary alicyclic amines) is 1. The van der Waals surface area contributed by atoms with E-state index in [9.17, 15) is 12.8 Å². The van der Waals surface area contributed by atoms with Crippen LogP contribution in [-0.2, 0) is 23.1 Å². The van der Waals surface area contributed by atoms with Crippen molar-refractivity contribution in [1.82, 2.24) is 9.21 Å². The number of nitrogens with zero attached hydrogens (tertiary/aromatic N) is 2. The summed E-state index contributed by atoms with van der Waals surface area (Å²) in [5.74, 6) is -0.0626. The van der Waals surface area contributed by atoms with Crippen molar-refractivity contribution in [3.8, 4) is 0 Å². The Balaban J connectivity index is 1.47. The van der Waals surface area contributed by atoms with E-state index in [1.165, 1.54) is 33.6 Å². The Hall–Kier alpha value is -2.54. The van der Waals surface area contributed by atoms with Crippen molar-refractivity contribution in [3.63, 3.8) is 0 Å². The zero-order chi connectivity index (χ0) is 21.4. The van der Waals surface area contributed by atoms with Crippen molar-refractivity contribution in [2.45, 2.75) is 23.9 Å². The molecule has 160 valence electrons. The highest BCUT2D eigenvalue weighted by atomic mass is 32.2. The van der Waals surface area contributed by atoms with Crippen molar-refractivity contribution < 1.29 is 12.8 Å². The number of sulfonamides is 1. The van der Waals surface area contributed by atoms with Crippen LogP contribution in [0, 0.1) is 11.7 Å². The molecule has 4 nitrogen and oxygen atoms in total. The maximum absolute atomic E-state index is 13.8. The number of benzene rings is 3. The van der Waals surface area contributed by atoms with Crippen LogP contribution in [0.25, 0.3) is 0 Å². The van der Waals surface area contributed by atoms with Crippen molar-refractivity contribution in [1.29, 1.82) is 0 Å². The molecule has 3 aromatic rings. The van der Waals surface area contributed by atoms with Gasteiger partial charge in [0.25, 0.3) is 0 Å². The fourth-order valence-corrected chi connectivity index (χ4v) is 6.49. The quantitative estimate of drug-likeness (QED) is 0.614. The summed E-state index contributed by atoms with van der Waals surface area (Å²) in [5.41, 5.74) is 3.54. The van der Waals surface area contributed by atoms with Gasteiger partial charge in [-0.1, -0.05) is 60.7 Å². The zero-order valence-corrected chi connectivity index (χ0v) is 18.0. The van der Waals surface area contributed by atoms with Gasteiger partial charge in [0.15, 0.2) is 0 Å². The average molecular weight is 437 g/mol. The molecule has 0 amide bonds. The zero-order valence-electron chi connectivity index (χ0n) is 17.2. The largest absolute Gasteiger partial charge is 0.298 e. The van der Waals surface area contributed by atoms with Gasteiger partial charge in [0.05, 0.1) is 4.90 Å². The SMILES string of the molecule is O=S(=O)(c1cccc(F)c1)N1Cc2ccccc2[C@@H]2CN(Cc3ccccc3)C[C@H]2C1. The molecule has 0 N–H and O–H groups in total. The van der Waals surface area contributed by atoms with Crippen LogP contribution in [0.15, 0.2) is 83.8 Å². The molecule has 1 fully saturated rings. The first kappa shape index (κ1) is 20.4.